The van der Waals surface area contributed by atoms with Gasteiger partial charge in [0.2, 0.25) is 0 Å². The number of halogens is 2. The fourth-order valence-electron chi connectivity index (χ4n) is 3.14. The van der Waals surface area contributed by atoms with Crippen LogP contribution in [-0.4, -0.2) is 37.6 Å². The van der Waals surface area contributed by atoms with Gasteiger partial charge in [-0.25, -0.2) is 0 Å². The second-order valence-corrected chi connectivity index (χ2v) is 5.42. The third-order valence-corrected chi connectivity index (χ3v) is 4.20. The molecule has 0 amide bonds. The van der Waals surface area contributed by atoms with Gasteiger partial charge in [-0.3, -0.25) is 0 Å². The van der Waals surface area contributed by atoms with E-state index in [1.165, 1.54) is 64.6 Å². The van der Waals surface area contributed by atoms with Crippen molar-refractivity contribution in [2.75, 3.05) is 26.7 Å². The molecule has 1 saturated carbocycles. The van der Waals surface area contributed by atoms with E-state index in [1.807, 2.05) is 0 Å². The Morgan fingerprint density at radius 2 is 1.53 bits per heavy atom. The molecular weight excluding hydrogens is 255 g/mol. The average Bonchev–Trinajstić information content (AvgIpc) is 2.31. The van der Waals surface area contributed by atoms with Crippen LogP contribution in [0, 0.1) is 5.92 Å². The molecule has 0 atom stereocenters. The second kappa shape index (κ2) is 9.43. The summed E-state index contributed by atoms with van der Waals surface area (Å²) < 4.78 is 0. The Kier molecular flexibility index (Phi) is 9.71. The van der Waals surface area contributed by atoms with Gasteiger partial charge in [0.15, 0.2) is 0 Å². The van der Waals surface area contributed by atoms with Crippen LogP contribution in [0.1, 0.15) is 44.9 Å². The minimum atomic E-state index is 0. The van der Waals surface area contributed by atoms with Crippen molar-refractivity contribution in [3.63, 3.8) is 0 Å². The Labute approximate surface area is 119 Å². The molecule has 0 bridgehead atoms. The predicted molar refractivity (Wildman–Crippen MR) is 79.6 cm³/mol. The summed E-state index contributed by atoms with van der Waals surface area (Å²) in [7, 11) is 2.35. The van der Waals surface area contributed by atoms with Crippen LogP contribution >= 0.6 is 24.8 Å². The lowest BCUT2D eigenvalue weighted by Gasteiger charge is -2.35. The van der Waals surface area contributed by atoms with Gasteiger partial charge >= 0.3 is 0 Å². The van der Waals surface area contributed by atoms with Crippen LogP contribution in [0.2, 0.25) is 0 Å². The van der Waals surface area contributed by atoms with Gasteiger partial charge in [0.25, 0.3) is 0 Å². The van der Waals surface area contributed by atoms with E-state index in [9.17, 15) is 0 Å². The highest BCUT2D eigenvalue weighted by Gasteiger charge is 2.21. The van der Waals surface area contributed by atoms with Gasteiger partial charge in [-0.1, -0.05) is 19.3 Å². The molecule has 1 aliphatic carbocycles. The number of nitrogens with one attached hydrogen (secondary N) is 1. The van der Waals surface area contributed by atoms with Crippen LogP contribution in [0.4, 0.5) is 0 Å². The van der Waals surface area contributed by atoms with Crippen LogP contribution in [0.15, 0.2) is 0 Å². The lowest BCUT2D eigenvalue weighted by atomic mass is 9.92. The molecule has 1 aliphatic heterocycles. The Balaban J connectivity index is 0.00000128. The zero-order valence-electron chi connectivity index (χ0n) is 11.0. The van der Waals surface area contributed by atoms with E-state index in [0.29, 0.717) is 0 Å². The summed E-state index contributed by atoms with van der Waals surface area (Å²) in [5.41, 5.74) is 0. The molecule has 0 radical (unpaired) electrons. The molecular formula is C13H28Cl2N2. The first-order valence-electron chi connectivity index (χ1n) is 6.77. The topological polar surface area (TPSA) is 15.3 Å². The summed E-state index contributed by atoms with van der Waals surface area (Å²) in [5, 5.41) is 3.45. The largest absolute Gasteiger partial charge is 0.317 e. The summed E-state index contributed by atoms with van der Waals surface area (Å²) in [5.74, 6) is 0.957. The summed E-state index contributed by atoms with van der Waals surface area (Å²) in [4.78, 5) is 2.65. The summed E-state index contributed by atoms with van der Waals surface area (Å²) in [6.07, 6.45) is 10.1. The van der Waals surface area contributed by atoms with E-state index < -0.39 is 0 Å². The Morgan fingerprint density at radius 3 is 2.12 bits per heavy atom. The van der Waals surface area contributed by atoms with Crippen molar-refractivity contribution in [2.45, 2.75) is 51.0 Å². The first-order chi connectivity index (χ1) is 7.36. The molecule has 2 aliphatic rings. The summed E-state index contributed by atoms with van der Waals surface area (Å²) in [6.45, 7) is 3.82. The molecule has 0 spiro atoms. The molecule has 104 valence electrons. The Bertz CT molecular complexity index is 178. The highest BCUT2D eigenvalue weighted by molar-refractivity contribution is 5.85. The normalized spacial score (nSPS) is 22.9. The molecule has 1 heterocycles. The van der Waals surface area contributed by atoms with Crippen LogP contribution in [0.25, 0.3) is 0 Å². The van der Waals surface area contributed by atoms with Crippen LogP contribution in [0.5, 0.6) is 0 Å². The lowest BCUT2D eigenvalue weighted by Crippen LogP contribution is -2.40. The smallest absolute Gasteiger partial charge is 0.00923 e. The lowest BCUT2D eigenvalue weighted by molar-refractivity contribution is 0.153. The van der Waals surface area contributed by atoms with Gasteiger partial charge in [0.1, 0.15) is 0 Å². The van der Waals surface area contributed by atoms with Gasteiger partial charge < -0.3 is 10.2 Å². The molecule has 0 aromatic heterocycles. The third-order valence-electron chi connectivity index (χ3n) is 4.20. The van der Waals surface area contributed by atoms with Crippen molar-refractivity contribution >= 4 is 24.8 Å². The number of rotatable bonds is 3. The highest BCUT2D eigenvalue weighted by Crippen LogP contribution is 2.23. The Morgan fingerprint density at radius 1 is 0.941 bits per heavy atom. The molecule has 2 nitrogen and oxygen atoms in total. The average molecular weight is 283 g/mol. The van der Waals surface area contributed by atoms with Crippen molar-refractivity contribution in [1.29, 1.82) is 0 Å². The van der Waals surface area contributed by atoms with Crippen molar-refractivity contribution in [1.82, 2.24) is 10.2 Å². The van der Waals surface area contributed by atoms with Gasteiger partial charge in [-0.05, 0) is 51.7 Å². The predicted octanol–water partition coefficient (Wildman–Crippen LogP) is 3.09. The molecule has 0 aromatic carbocycles. The SMILES string of the molecule is CN(CC1CCNCC1)C1CCCCC1.Cl.Cl. The first kappa shape index (κ1) is 17.5. The second-order valence-electron chi connectivity index (χ2n) is 5.42. The van der Waals surface area contributed by atoms with Gasteiger partial charge in [0.05, 0.1) is 0 Å². The number of hydrogen-bond donors (Lipinski definition) is 1. The first-order valence-corrected chi connectivity index (χ1v) is 6.77. The molecule has 4 heteroatoms. The van der Waals surface area contributed by atoms with Crippen molar-refractivity contribution in [3.8, 4) is 0 Å². The Hall–Kier alpha value is 0.500. The highest BCUT2D eigenvalue weighted by atomic mass is 35.5. The number of nitrogens with zero attached hydrogens (tertiary/aromatic N) is 1. The van der Waals surface area contributed by atoms with Gasteiger partial charge in [0, 0.05) is 12.6 Å². The maximum Gasteiger partial charge on any atom is 0.00923 e. The van der Waals surface area contributed by atoms with E-state index in [0.717, 1.165) is 12.0 Å². The molecule has 1 N–H and O–H groups in total. The summed E-state index contributed by atoms with van der Waals surface area (Å²) >= 11 is 0. The molecule has 2 rings (SSSR count). The maximum atomic E-state index is 3.45. The zero-order valence-corrected chi connectivity index (χ0v) is 12.6. The molecule has 0 unspecified atom stereocenters. The van der Waals surface area contributed by atoms with Crippen molar-refractivity contribution in [2.24, 2.45) is 5.92 Å². The van der Waals surface area contributed by atoms with Crippen LogP contribution in [-0.2, 0) is 0 Å². The van der Waals surface area contributed by atoms with E-state index in [4.69, 9.17) is 0 Å². The van der Waals surface area contributed by atoms with Crippen LogP contribution < -0.4 is 5.32 Å². The minimum Gasteiger partial charge on any atom is -0.317 e. The van der Waals surface area contributed by atoms with Gasteiger partial charge in [-0.2, -0.15) is 0 Å². The van der Waals surface area contributed by atoms with E-state index in [-0.39, 0.29) is 24.8 Å². The number of piperidine rings is 1. The molecule has 1 saturated heterocycles. The molecule has 17 heavy (non-hydrogen) atoms. The van der Waals surface area contributed by atoms with Gasteiger partial charge in [-0.15, -0.1) is 24.8 Å². The summed E-state index contributed by atoms with van der Waals surface area (Å²) in [6, 6.07) is 0.897. The third kappa shape index (κ3) is 5.78. The van der Waals surface area contributed by atoms with E-state index in [1.54, 1.807) is 0 Å². The molecule has 2 fully saturated rings. The quantitative estimate of drug-likeness (QED) is 0.856. The van der Waals surface area contributed by atoms with E-state index >= 15 is 0 Å². The van der Waals surface area contributed by atoms with Crippen LogP contribution in [0.3, 0.4) is 0 Å². The standard InChI is InChI=1S/C13H26N2.2ClH/c1-15(13-5-3-2-4-6-13)11-12-7-9-14-10-8-12;;/h12-14H,2-11H2,1H3;2*1H. The zero-order chi connectivity index (χ0) is 10.5. The van der Waals surface area contributed by atoms with Crippen molar-refractivity contribution < 1.29 is 0 Å². The fraction of sp³-hybridized carbons (Fsp3) is 1.00. The van der Waals surface area contributed by atoms with E-state index in [2.05, 4.69) is 17.3 Å². The minimum absolute atomic E-state index is 0. The fourth-order valence-corrected chi connectivity index (χ4v) is 3.14. The monoisotopic (exact) mass is 282 g/mol. The maximum absolute atomic E-state index is 3.45. The molecule has 0 aromatic rings. The number of hydrogen-bond acceptors (Lipinski definition) is 2. The van der Waals surface area contributed by atoms with Crippen molar-refractivity contribution in [3.05, 3.63) is 0 Å².